The highest BCUT2D eigenvalue weighted by atomic mass is 16.6. The molecule has 1 atom stereocenters. The fourth-order valence-electron chi connectivity index (χ4n) is 8.50. The Morgan fingerprint density at radius 2 is 0.524 bits per heavy atom. The van der Waals surface area contributed by atoms with E-state index in [1.54, 1.807) is 0 Å². The van der Waals surface area contributed by atoms with Gasteiger partial charge in [0.25, 0.3) is 0 Å². The Bertz CT molecular complexity index is 978. The largest absolute Gasteiger partial charge is 0.462 e. The van der Waals surface area contributed by atoms with E-state index in [9.17, 15) is 14.4 Å². The second-order valence-electron chi connectivity index (χ2n) is 19.2. The van der Waals surface area contributed by atoms with Crippen LogP contribution in [0.5, 0.6) is 0 Å². The standard InChI is InChI=1S/C57H108O6/c1-4-7-10-13-16-19-21-23-25-27-28-30-31-33-35-38-41-44-47-50-56(59)62-53-54(52-61-55(58)49-46-43-40-37-18-15-12-9-6-3)63-57(60)51-48-45-42-39-36-34-32-29-26-24-22-20-17-14-11-8-5-2/h27-28,54H,4-26,29-53H2,1-3H3/b28-27-/t54-/m1/s1. The topological polar surface area (TPSA) is 78.9 Å². The molecule has 0 aliphatic carbocycles. The summed E-state index contributed by atoms with van der Waals surface area (Å²) in [6.45, 7) is 6.67. The summed E-state index contributed by atoms with van der Waals surface area (Å²) in [4.78, 5) is 38.0. The highest BCUT2D eigenvalue weighted by molar-refractivity contribution is 5.71. The van der Waals surface area contributed by atoms with E-state index < -0.39 is 6.10 Å². The molecule has 0 bridgehead atoms. The molecular formula is C57H108O6. The summed E-state index contributed by atoms with van der Waals surface area (Å²) >= 11 is 0. The van der Waals surface area contributed by atoms with Crippen molar-refractivity contribution >= 4 is 17.9 Å². The van der Waals surface area contributed by atoms with E-state index in [-0.39, 0.29) is 31.1 Å². The van der Waals surface area contributed by atoms with Crippen LogP contribution in [0.4, 0.5) is 0 Å². The summed E-state index contributed by atoms with van der Waals surface area (Å²) in [5.41, 5.74) is 0. The van der Waals surface area contributed by atoms with E-state index >= 15 is 0 Å². The number of rotatable bonds is 52. The molecule has 0 radical (unpaired) electrons. The summed E-state index contributed by atoms with van der Waals surface area (Å²) in [5.74, 6) is -0.852. The second kappa shape index (κ2) is 52.8. The average Bonchev–Trinajstić information content (AvgIpc) is 3.28. The Balaban J connectivity index is 4.23. The van der Waals surface area contributed by atoms with Crippen LogP contribution in [0, 0.1) is 0 Å². The summed E-state index contributed by atoms with van der Waals surface area (Å²) in [6, 6.07) is 0. The number of hydrogen-bond acceptors (Lipinski definition) is 6. The lowest BCUT2D eigenvalue weighted by molar-refractivity contribution is -0.167. The molecule has 372 valence electrons. The zero-order valence-electron chi connectivity index (χ0n) is 42.6. The molecule has 63 heavy (non-hydrogen) atoms. The van der Waals surface area contributed by atoms with Crippen molar-refractivity contribution in [2.45, 2.75) is 322 Å². The lowest BCUT2D eigenvalue weighted by Crippen LogP contribution is -2.30. The third-order valence-corrected chi connectivity index (χ3v) is 12.8. The van der Waals surface area contributed by atoms with Crippen LogP contribution < -0.4 is 0 Å². The Morgan fingerprint density at radius 3 is 0.794 bits per heavy atom. The van der Waals surface area contributed by atoms with Gasteiger partial charge in [-0.15, -0.1) is 0 Å². The van der Waals surface area contributed by atoms with Gasteiger partial charge in [0.2, 0.25) is 0 Å². The molecule has 0 heterocycles. The number of esters is 3. The zero-order valence-corrected chi connectivity index (χ0v) is 42.6. The molecule has 0 aromatic rings. The molecule has 0 saturated heterocycles. The third-order valence-electron chi connectivity index (χ3n) is 12.8. The van der Waals surface area contributed by atoms with Crippen LogP contribution in [0.1, 0.15) is 316 Å². The van der Waals surface area contributed by atoms with E-state index in [1.165, 1.54) is 218 Å². The van der Waals surface area contributed by atoms with E-state index in [4.69, 9.17) is 14.2 Å². The quantitative estimate of drug-likeness (QED) is 0.0262. The molecule has 0 aliphatic heterocycles. The normalized spacial score (nSPS) is 12.0. The van der Waals surface area contributed by atoms with E-state index in [0.717, 1.165) is 57.8 Å². The second-order valence-corrected chi connectivity index (χ2v) is 19.2. The van der Waals surface area contributed by atoms with Gasteiger partial charge in [-0.05, 0) is 44.9 Å². The first kappa shape index (κ1) is 61.1. The van der Waals surface area contributed by atoms with Gasteiger partial charge in [-0.1, -0.05) is 264 Å². The average molecular weight is 889 g/mol. The van der Waals surface area contributed by atoms with Gasteiger partial charge in [-0.2, -0.15) is 0 Å². The van der Waals surface area contributed by atoms with E-state index in [1.807, 2.05) is 0 Å². The van der Waals surface area contributed by atoms with Gasteiger partial charge in [-0.3, -0.25) is 14.4 Å². The summed E-state index contributed by atoms with van der Waals surface area (Å²) in [5, 5.41) is 0. The predicted molar refractivity (Wildman–Crippen MR) is 270 cm³/mol. The van der Waals surface area contributed by atoms with Gasteiger partial charge in [0.05, 0.1) is 0 Å². The first-order chi connectivity index (χ1) is 31.0. The molecule has 6 heteroatoms. The van der Waals surface area contributed by atoms with Gasteiger partial charge in [-0.25, -0.2) is 0 Å². The van der Waals surface area contributed by atoms with Crippen molar-refractivity contribution < 1.29 is 28.6 Å². The molecule has 0 amide bonds. The van der Waals surface area contributed by atoms with Crippen molar-refractivity contribution in [3.05, 3.63) is 12.2 Å². The van der Waals surface area contributed by atoms with Crippen LogP contribution >= 0.6 is 0 Å². The third kappa shape index (κ3) is 51.0. The lowest BCUT2D eigenvalue weighted by atomic mass is 10.0. The lowest BCUT2D eigenvalue weighted by Gasteiger charge is -2.18. The first-order valence-corrected chi connectivity index (χ1v) is 28.2. The van der Waals surface area contributed by atoms with Gasteiger partial charge in [0.15, 0.2) is 6.10 Å². The Kier molecular flexibility index (Phi) is 51.2. The number of ether oxygens (including phenoxy) is 3. The van der Waals surface area contributed by atoms with Crippen LogP contribution in [0.3, 0.4) is 0 Å². The summed E-state index contributed by atoms with van der Waals surface area (Å²) in [6.07, 6.45) is 59.2. The molecule has 0 saturated carbocycles. The highest BCUT2D eigenvalue weighted by Crippen LogP contribution is 2.17. The predicted octanol–water partition coefficient (Wildman–Crippen LogP) is 18.5. The molecule has 0 N–H and O–H groups in total. The first-order valence-electron chi connectivity index (χ1n) is 28.2. The summed E-state index contributed by atoms with van der Waals surface area (Å²) < 4.78 is 16.8. The molecule has 0 rings (SSSR count). The highest BCUT2D eigenvalue weighted by Gasteiger charge is 2.19. The molecule has 0 fully saturated rings. The van der Waals surface area contributed by atoms with E-state index in [2.05, 4.69) is 32.9 Å². The fraction of sp³-hybridized carbons (Fsp3) is 0.912. The smallest absolute Gasteiger partial charge is 0.306 e. The van der Waals surface area contributed by atoms with Crippen LogP contribution in [0.2, 0.25) is 0 Å². The van der Waals surface area contributed by atoms with Crippen molar-refractivity contribution in [3.8, 4) is 0 Å². The van der Waals surface area contributed by atoms with Crippen LogP contribution in [-0.4, -0.2) is 37.2 Å². The van der Waals surface area contributed by atoms with Crippen LogP contribution in [0.15, 0.2) is 12.2 Å². The zero-order chi connectivity index (χ0) is 45.8. The summed E-state index contributed by atoms with van der Waals surface area (Å²) in [7, 11) is 0. The number of carbonyl (C=O) groups excluding carboxylic acids is 3. The molecule has 0 aromatic heterocycles. The number of unbranched alkanes of at least 4 members (excludes halogenated alkanes) is 39. The monoisotopic (exact) mass is 889 g/mol. The maximum atomic E-state index is 12.8. The van der Waals surface area contributed by atoms with Crippen LogP contribution in [0.25, 0.3) is 0 Å². The van der Waals surface area contributed by atoms with Crippen molar-refractivity contribution in [1.29, 1.82) is 0 Å². The molecular weight excluding hydrogens is 781 g/mol. The van der Waals surface area contributed by atoms with Gasteiger partial charge < -0.3 is 14.2 Å². The number of carbonyl (C=O) groups is 3. The SMILES string of the molecule is CCCCCCCCCC/C=C\CCCCCCCCCC(=O)OC[C@@H](COC(=O)CCCCCCCCCCC)OC(=O)CCCCCCCCCCCCCCCCCCC. The van der Waals surface area contributed by atoms with Gasteiger partial charge in [0, 0.05) is 19.3 Å². The minimum atomic E-state index is -0.765. The van der Waals surface area contributed by atoms with Crippen LogP contribution in [-0.2, 0) is 28.6 Å². The number of allylic oxidation sites excluding steroid dienone is 2. The van der Waals surface area contributed by atoms with E-state index in [0.29, 0.717) is 19.3 Å². The Morgan fingerprint density at radius 1 is 0.302 bits per heavy atom. The molecule has 0 aromatic carbocycles. The maximum absolute atomic E-state index is 12.8. The molecule has 0 spiro atoms. The van der Waals surface area contributed by atoms with Gasteiger partial charge in [0.1, 0.15) is 13.2 Å². The Labute approximate surface area is 392 Å². The van der Waals surface area contributed by atoms with Crippen molar-refractivity contribution in [2.24, 2.45) is 0 Å². The minimum absolute atomic E-state index is 0.0661. The van der Waals surface area contributed by atoms with Crippen molar-refractivity contribution in [2.75, 3.05) is 13.2 Å². The van der Waals surface area contributed by atoms with Crippen molar-refractivity contribution in [1.82, 2.24) is 0 Å². The molecule has 6 nitrogen and oxygen atoms in total. The van der Waals surface area contributed by atoms with Crippen molar-refractivity contribution in [3.63, 3.8) is 0 Å². The maximum Gasteiger partial charge on any atom is 0.306 e. The molecule has 0 unspecified atom stereocenters. The minimum Gasteiger partial charge on any atom is -0.462 e. The van der Waals surface area contributed by atoms with Gasteiger partial charge >= 0.3 is 17.9 Å². The fourth-order valence-corrected chi connectivity index (χ4v) is 8.50. The Hall–Kier alpha value is -1.85. The number of hydrogen-bond donors (Lipinski definition) is 0. The molecule has 0 aliphatic rings.